The molecule has 0 heterocycles. The van der Waals surface area contributed by atoms with E-state index in [1.807, 2.05) is 6.92 Å². The smallest absolute Gasteiger partial charge is 0.407 e. The van der Waals surface area contributed by atoms with E-state index in [1.54, 1.807) is 13.8 Å². The van der Waals surface area contributed by atoms with Crippen molar-refractivity contribution in [3.05, 3.63) is 0 Å². The number of ether oxygens (including phenoxy) is 1. The predicted molar refractivity (Wildman–Crippen MR) is 45.9 cm³/mol. The van der Waals surface area contributed by atoms with Crippen molar-refractivity contribution in [2.24, 2.45) is 0 Å². The number of carbonyl (C=O) groups excluding carboxylic acids is 1. The summed E-state index contributed by atoms with van der Waals surface area (Å²) in [5, 5.41) is 11.3. The van der Waals surface area contributed by atoms with Crippen LogP contribution in [-0.2, 0) is 4.74 Å². The number of aliphatic hydroxyl groups excluding tert-OH is 1. The van der Waals surface area contributed by atoms with E-state index in [9.17, 15) is 4.79 Å². The van der Waals surface area contributed by atoms with Gasteiger partial charge in [0.2, 0.25) is 0 Å². The van der Waals surface area contributed by atoms with Gasteiger partial charge in [-0.05, 0) is 20.3 Å². The molecular weight excluding hydrogens is 158 g/mol. The van der Waals surface area contributed by atoms with Gasteiger partial charge in [0, 0.05) is 0 Å². The van der Waals surface area contributed by atoms with Gasteiger partial charge in [-0.2, -0.15) is 0 Å². The summed E-state index contributed by atoms with van der Waals surface area (Å²) in [5.41, 5.74) is 0. The van der Waals surface area contributed by atoms with Gasteiger partial charge in [-0.1, -0.05) is 6.92 Å². The zero-order valence-corrected chi connectivity index (χ0v) is 7.83. The number of amides is 1. The van der Waals surface area contributed by atoms with Gasteiger partial charge in [0.25, 0.3) is 0 Å². The van der Waals surface area contributed by atoms with E-state index >= 15 is 0 Å². The van der Waals surface area contributed by atoms with Gasteiger partial charge < -0.3 is 15.2 Å². The van der Waals surface area contributed by atoms with Crippen molar-refractivity contribution in [3.63, 3.8) is 0 Å². The second-order valence-electron chi connectivity index (χ2n) is 2.89. The molecule has 0 saturated heterocycles. The van der Waals surface area contributed by atoms with Crippen molar-refractivity contribution in [3.8, 4) is 0 Å². The van der Waals surface area contributed by atoms with Gasteiger partial charge in [-0.15, -0.1) is 0 Å². The van der Waals surface area contributed by atoms with Crippen LogP contribution in [0.5, 0.6) is 0 Å². The van der Waals surface area contributed by atoms with Crippen molar-refractivity contribution in [1.29, 1.82) is 0 Å². The Balaban J connectivity index is 3.66. The maximum absolute atomic E-state index is 10.9. The molecule has 0 aliphatic heterocycles. The Hall–Kier alpha value is -0.770. The Morgan fingerprint density at radius 3 is 2.50 bits per heavy atom. The van der Waals surface area contributed by atoms with Crippen LogP contribution in [0.15, 0.2) is 0 Å². The lowest BCUT2D eigenvalue weighted by molar-refractivity contribution is 0.107. The fraction of sp³-hybridized carbons (Fsp3) is 0.875. The van der Waals surface area contributed by atoms with Crippen LogP contribution in [0, 0.1) is 0 Å². The standard InChI is InChI=1S/C8H17NO3/c1-4-7(5-10)9-8(11)12-6(2)3/h6-7,10H,4-5H2,1-3H3,(H,9,11)/t7-/m0/s1. The van der Waals surface area contributed by atoms with Crippen molar-refractivity contribution in [1.82, 2.24) is 5.32 Å². The third-order valence-electron chi connectivity index (χ3n) is 1.38. The van der Waals surface area contributed by atoms with Gasteiger partial charge in [0.05, 0.1) is 18.8 Å². The second-order valence-corrected chi connectivity index (χ2v) is 2.89. The van der Waals surface area contributed by atoms with Crippen LogP contribution in [0.25, 0.3) is 0 Å². The number of hydrogen-bond donors (Lipinski definition) is 2. The highest BCUT2D eigenvalue weighted by atomic mass is 16.6. The van der Waals surface area contributed by atoms with Gasteiger partial charge in [0.1, 0.15) is 0 Å². The minimum atomic E-state index is -0.467. The van der Waals surface area contributed by atoms with E-state index in [0.29, 0.717) is 6.42 Å². The maximum Gasteiger partial charge on any atom is 0.407 e. The largest absolute Gasteiger partial charge is 0.447 e. The number of alkyl carbamates (subject to hydrolysis) is 1. The molecule has 1 atom stereocenters. The molecule has 0 aromatic rings. The number of aliphatic hydroxyl groups is 1. The molecule has 0 aromatic carbocycles. The fourth-order valence-electron chi connectivity index (χ4n) is 0.692. The second kappa shape index (κ2) is 5.83. The first-order valence-corrected chi connectivity index (χ1v) is 4.18. The van der Waals surface area contributed by atoms with Crippen molar-refractivity contribution < 1.29 is 14.6 Å². The summed E-state index contributed by atoms with van der Waals surface area (Å²) in [7, 11) is 0. The van der Waals surface area contributed by atoms with Crippen LogP contribution >= 0.6 is 0 Å². The number of hydrogen-bond acceptors (Lipinski definition) is 3. The summed E-state index contributed by atoms with van der Waals surface area (Å²) in [6.07, 6.45) is 0.107. The van der Waals surface area contributed by atoms with E-state index in [-0.39, 0.29) is 18.8 Å². The normalized spacial score (nSPS) is 12.8. The fourth-order valence-corrected chi connectivity index (χ4v) is 0.692. The molecule has 0 rings (SSSR count). The number of rotatable bonds is 4. The lowest BCUT2D eigenvalue weighted by Crippen LogP contribution is -2.38. The minimum Gasteiger partial charge on any atom is -0.447 e. The summed E-state index contributed by atoms with van der Waals surface area (Å²) in [6, 6.07) is -0.198. The zero-order chi connectivity index (χ0) is 9.56. The van der Waals surface area contributed by atoms with Gasteiger partial charge in [-0.25, -0.2) is 4.79 Å². The monoisotopic (exact) mass is 175 g/mol. The molecule has 12 heavy (non-hydrogen) atoms. The average Bonchev–Trinajstić information content (AvgIpc) is 1.98. The van der Waals surface area contributed by atoms with Crippen LogP contribution in [0.4, 0.5) is 4.79 Å². The molecule has 0 bridgehead atoms. The molecular formula is C8H17NO3. The molecule has 72 valence electrons. The molecule has 1 amide bonds. The van der Waals surface area contributed by atoms with Gasteiger partial charge >= 0.3 is 6.09 Å². The highest BCUT2D eigenvalue weighted by Gasteiger charge is 2.10. The highest BCUT2D eigenvalue weighted by Crippen LogP contribution is 1.93. The molecule has 0 saturated carbocycles. The molecule has 4 nitrogen and oxygen atoms in total. The van der Waals surface area contributed by atoms with E-state index in [0.717, 1.165) is 0 Å². The Morgan fingerprint density at radius 1 is 1.58 bits per heavy atom. The third-order valence-corrected chi connectivity index (χ3v) is 1.38. The van der Waals surface area contributed by atoms with E-state index < -0.39 is 6.09 Å². The van der Waals surface area contributed by atoms with Crippen LogP contribution in [0.3, 0.4) is 0 Å². The summed E-state index contributed by atoms with van der Waals surface area (Å²) in [6.45, 7) is 5.39. The predicted octanol–water partition coefficient (Wildman–Crippen LogP) is 0.892. The average molecular weight is 175 g/mol. The summed E-state index contributed by atoms with van der Waals surface area (Å²) >= 11 is 0. The lowest BCUT2D eigenvalue weighted by atomic mass is 10.2. The molecule has 0 aliphatic carbocycles. The van der Waals surface area contributed by atoms with Crippen molar-refractivity contribution >= 4 is 6.09 Å². The minimum absolute atomic E-state index is 0.0519. The molecule has 0 fully saturated rings. The number of nitrogens with one attached hydrogen (secondary N) is 1. The van der Waals surface area contributed by atoms with E-state index in [4.69, 9.17) is 9.84 Å². The quantitative estimate of drug-likeness (QED) is 0.667. The van der Waals surface area contributed by atoms with Crippen LogP contribution < -0.4 is 5.32 Å². The molecule has 0 radical (unpaired) electrons. The van der Waals surface area contributed by atoms with Gasteiger partial charge in [0.15, 0.2) is 0 Å². The third kappa shape index (κ3) is 4.96. The summed E-state index contributed by atoms with van der Waals surface area (Å²) in [5.74, 6) is 0. The zero-order valence-electron chi connectivity index (χ0n) is 7.83. The van der Waals surface area contributed by atoms with Crippen LogP contribution in [-0.4, -0.2) is 30.0 Å². The molecule has 0 spiro atoms. The highest BCUT2D eigenvalue weighted by molar-refractivity contribution is 5.67. The Morgan fingerprint density at radius 2 is 2.17 bits per heavy atom. The Labute approximate surface area is 72.9 Å². The Bertz CT molecular complexity index is 132. The first-order chi connectivity index (χ1) is 5.60. The first-order valence-electron chi connectivity index (χ1n) is 4.18. The lowest BCUT2D eigenvalue weighted by Gasteiger charge is -2.15. The molecule has 4 heteroatoms. The van der Waals surface area contributed by atoms with Crippen LogP contribution in [0.1, 0.15) is 27.2 Å². The first kappa shape index (κ1) is 11.2. The summed E-state index contributed by atoms with van der Waals surface area (Å²) in [4.78, 5) is 10.9. The SMILES string of the molecule is CC[C@@H](CO)NC(=O)OC(C)C. The molecule has 2 N–H and O–H groups in total. The summed E-state index contributed by atoms with van der Waals surface area (Å²) < 4.78 is 4.82. The van der Waals surface area contributed by atoms with Crippen molar-refractivity contribution in [2.75, 3.05) is 6.61 Å². The van der Waals surface area contributed by atoms with E-state index in [1.165, 1.54) is 0 Å². The van der Waals surface area contributed by atoms with E-state index in [2.05, 4.69) is 5.32 Å². The van der Waals surface area contributed by atoms with Crippen LogP contribution in [0.2, 0.25) is 0 Å². The molecule has 0 aliphatic rings. The number of carbonyl (C=O) groups is 1. The maximum atomic E-state index is 10.9. The topological polar surface area (TPSA) is 58.6 Å². The van der Waals surface area contributed by atoms with Gasteiger partial charge in [-0.3, -0.25) is 0 Å². The molecule has 0 unspecified atom stereocenters. The van der Waals surface area contributed by atoms with Crippen molar-refractivity contribution in [2.45, 2.75) is 39.3 Å². The molecule has 0 aromatic heterocycles. The Kier molecular flexibility index (Phi) is 5.45.